The van der Waals surface area contributed by atoms with Crippen LogP contribution in [0.5, 0.6) is 0 Å². The molecular formula is C33H29ClN2O5. The highest BCUT2D eigenvalue weighted by atomic mass is 35.5. The Hall–Kier alpha value is -4.46. The lowest BCUT2D eigenvalue weighted by atomic mass is 9.96. The lowest BCUT2D eigenvalue weighted by molar-refractivity contribution is -0.124. The van der Waals surface area contributed by atoms with Gasteiger partial charge in [0, 0.05) is 59.4 Å². The summed E-state index contributed by atoms with van der Waals surface area (Å²) in [6.45, 7) is 0.974. The van der Waals surface area contributed by atoms with Crippen molar-refractivity contribution in [3.05, 3.63) is 119 Å². The third-order valence-corrected chi connectivity index (χ3v) is 7.47. The van der Waals surface area contributed by atoms with Crippen LogP contribution in [0.4, 0.5) is 22.7 Å². The molecule has 8 heteroatoms. The van der Waals surface area contributed by atoms with Crippen LogP contribution in [0.3, 0.4) is 0 Å². The van der Waals surface area contributed by atoms with Gasteiger partial charge in [-0.1, -0.05) is 29.8 Å². The number of hydrogen-bond acceptors (Lipinski definition) is 5. The molecule has 0 unspecified atom stereocenters. The molecular weight excluding hydrogens is 540 g/mol. The molecule has 1 aliphatic rings. The second-order valence-electron chi connectivity index (χ2n) is 9.88. The number of carboxylic acid groups (broad SMARTS) is 1. The normalized spacial score (nSPS) is 13.4. The number of anilines is 4. The van der Waals surface area contributed by atoms with E-state index in [-0.39, 0.29) is 28.7 Å². The summed E-state index contributed by atoms with van der Waals surface area (Å²) in [6.07, 6.45) is 1.15. The molecule has 0 atom stereocenters. The van der Waals surface area contributed by atoms with Crippen LogP contribution in [0.2, 0.25) is 5.02 Å². The van der Waals surface area contributed by atoms with Gasteiger partial charge in [0.1, 0.15) is 0 Å². The van der Waals surface area contributed by atoms with Crippen LogP contribution in [0.1, 0.15) is 39.1 Å². The number of amides is 1. The zero-order valence-electron chi connectivity index (χ0n) is 22.5. The number of rotatable bonds is 8. The molecule has 0 aliphatic carbocycles. The molecule has 0 radical (unpaired) electrons. The van der Waals surface area contributed by atoms with Crippen LogP contribution in [0.15, 0.2) is 97.1 Å². The van der Waals surface area contributed by atoms with Crippen LogP contribution >= 0.6 is 11.6 Å². The van der Waals surface area contributed by atoms with Gasteiger partial charge in [0.2, 0.25) is 5.91 Å². The molecule has 4 aromatic carbocycles. The van der Waals surface area contributed by atoms with Gasteiger partial charge in [0.25, 0.3) is 0 Å². The third-order valence-electron chi connectivity index (χ3n) is 7.22. The van der Waals surface area contributed by atoms with Crippen molar-refractivity contribution < 1.29 is 24.2 Å². The van der Waals surface area contributed by atoms with E-state index in [1.807, 2.05) is 66.5 Å². The van der Waals surface area contributed by atoms with Crippen LogP contribution < -0.4 is 9.80 Å². The first kappa shape index (κ1) is 28.1. The van der Waals surface area contributed by atoms with E-state index in [4.69, 9.17) is 16.3 Å². The van der Waals surface area contributed by atoms with Crippen LogP contribution in [-0.4, -0.2) is 43.0 Å². The minimum absolute atomic E-state index is 0.0781. The number of hydrogen-bond donors (Lipinski definition) is 1. The average Bonchev–Trinajstić information content (AvgIpc) is 3.01. The van der Waals surface area contributed by atoms with E-state index in [1.54, 1.807) is 30.3 Å². The summed E-state index contributed by atoms with van der Waals surface area (Å²) in [5.74, 6) is -1.97. The standard InChI is InChI=1S/C33H29ClN2O5/c1-35(28-13-9-26(34)10-14-28)27-11-7-22(8-12-27)31(37)24-19-25(33(39)40)21-30(20-24)36(29-5-3-2-4-6-29)32(38)23-15-17-41-18-16-23/h2-14,19-21,23H,15-18H2,1H3,(H,39,40). The van der Waals surface area contributed by atoms with Crippen molar-refractivity contribution in [2.45, 2.75) is 12.8 Å². The highest BCUT2D eigenvalue weighted by Gasteiger charge is 2.29. The van der Waals surface area contributed by atoms with Gasteiger partial charge in [-0.25, -0.2) is 4.79 Å². The van der Waals surface area contributed by atoms with Crippen molar-refractivity contribution >= 4 is 52.0 Å². The number of ether oxygens (including phenoxy) is 1. The Morgan fingerprint density at radius 1 is 0.732 bits per heavy atom. The maximum absolute atomic E-state index is 13.8. The Balaban J connectivity index is 1.50. The summed E-state index contributed by atoms with van der Waals surface area (Å²) in [4.78, 5) is 43.1. The fourth-order valence-corrected chi connectivity index (χ4v) is 5.05. The number of carboxylic acids is 1. The molecule has 5 rings (SSSR count). The number of carbonyl (C=O) groups excluding carboxylic acids is 2. The quantitative estimate of drug-likeness (QED) is 0.228. The average molecular weight is 569 g/mol. The van der Waals surface area contributed by atoms with Gasteiger partial charge in [-0.15, -0.1) is 0 Å². The zero-order chi connectivity index (χ0) is 28.9. The van der Waals surface area contributed by atoms with Gasteiger partial charge in [-0.2, -0.15) is 0 Å². The zero-order valence-corrected chi connectivity index (χ0v) is 23.3. The molecule has 1 heterocycles. The van der Waals surface area contributed by atoms with Gasteiger partial charge in [-0.3, -0.25) is 14.5 Å². The molecule has 1 amide bonds. The van der Waals surface area contributed by atoms with Gasteiger partial charge >= 0.3 is 5.97 Å². The van der Waals surface area contributed by atoms with Gasteiger partial charge < -0.3 is 14.7 Å². The molecule has 0 spiro atoms. The monoisotopic (exact) mass is 568 g/mol. The van der Waals surface area contributed by atoms with Crippen molar-refractivity contribution in [2.24, 2.45) is 5.92 Å². The first-order chi connectivity index (χ1) is 19.8. The maximum Gasteiger partial charge on any atom is 0.335 e. The molecule has 0 bridgehead atoms. The lowest BCUT2D eigenvalue weighted by Crippen LogP contribution is -2.35. The number of ketones is 1. The Morgan fingerprint density at radius 2 is 1.32 bits per heavy atom. The van der Waals surface area contributed by atoms with E-state index in [9.17, 15) is 19.5 Å². The molecule has 0 saturated carbocycles. The number of para-hydroxylation sites is 1. The van der Waals surface area contributed by atoms with Crippen LogP contribution in [-0.2, 0) is 9.53 Å². The smallest absolute Gasteiger partial charge is 0.335 e. The highest BCUT2D eigenvalue weighted by molar-refractivity contribution is 6.30. The predicted octanol–water partition coefficient (Wildman–Crippen LogP) is 7.13. The van der Waals surface area contributed by atoms with E-state index < -0.39 is 5.97 Å². The lowest BCUT2D eigenvalue weighted by Gasteiger charge is -2.30. The Morgan fingerprint density at radius 3 is 1.93 bits per heavy atom. The molecule has 1 N–H and O–H groups in total. The van der Waals surface area contributed by atoms with Gasteiger partial charge in [0.05, 0.1) is 11.3 Å². The van der Waals surface area contributed by atoms with Crippen molar-refractivity contribution in [1.29, 1.82) is 0 Å². The predicted molar refractivity (Wildman–Crippen MR) is 160 cm³/mol. The highest BCUT2D eigenvalue weighted by Crippen LogP contribution is 2.33. The van der Waals surface area contributed by atoms with Crippen molar-refractivity contribution in [3.8, 4) is 0 Å². The summed E-state index contributed by atoms with van der Waals surface area (Å²) in [7, 11) is 1.91. The number of benzene rings is 4. The SMILES string of the molecule is CN(c1ccc(Cl)cc1)c1ccc(C(=O)c2cc(C(=O)O)cc(N(C(=O)C3CCOCC3)c3ccccc3)c2)cc1. The topological polar surface area (TPSA) is 87.2 Å². The molecule has 1 saturated heterocycles. The van der Waals surface area contributed by atoms with E-state index >= 15 is 0 Å². The largest absolute Gasteiger partial charge is 0.478 e. The van der Waals surface area contributed by atoms with Crippen molar-refractivity contribution in [3.63, 3.8) is 0 Å². The van der Waals surface area contributed by atoms with Crippen LogP contribution in [0.25, 0.3) is 0 Å². The number of aromatic carboxylic acids is 1. The number of halogens is 1. The van der Waals surface area contributed by atoms with E-state index in [1.165, 1.54) is 17.0 Å². The second-order valence-corrected chi connectivity index (χ2v) is 10.3. The van der Waals surface area contributed by atoms with E-state index in [0.29, 0.717) is 48.0 Å². The molecule has 1 aliphatic heterocycles. The molecule has 0 aromatic heterocycles. The summed E-state index contributed by atoms with van der Waals surface area (Å²) in [6, 6.07) is 27.9. The Kier molecular flexibility index (Phi) is 8.47. The van der Waals surface area contributed by atoms with Crippen molar-refractivity contribution in [2.75, 3.05) is 30.1 Å². The summed E-state index contributed by atoms with van der Waals surface area (Å²) in [5.41, 5.74) is 3.22. The van der Waals surface area contributed by atoms with Gasteiger partial charge in [-0.05, 0) is 91.7 Å². The molecule has 208 valence electrons. The number of carbonyl (C=O) groups is 3. The minimum atomic E-state index is -1.19. The maximum atomic E-state index is 13.8. The first-order valence-electron chi connectivity index (χ1n) is 13.3. The molecule has 1 fully saturated rings. The fraction of sp³-hybridized carbons (Fsp3) is 0.182. The Bertz CT molecular complexity index is 1550. The summed E-state index contributed by atoms with van der Waals surface area (Å²) >= 11 is 6.01. The van der Waals surface area contributed by atoms with Gasteiger partial charge in [0.15, 0.2) is 5.78 Å². The van der Waals surface area contributed by atoms with E-state index in [0.717, 1.165) is 11.4 Å². The third kappa shape index (κ3) is 6.32. The fourth-order valence-electron chi connectivity index (χ4n) is 4.92. The first-order valence-corrected chi connectivity index (χ1v) is 13.7. The molecule has 41 heavy (non-hydrogen) atoms. The summed E-state index contributed by atoms with van der Waals surface area (Å²) < 4.78 is 5.44. The molecule has 4 aromatic rings. The second kappa shape index (κ2) is 12.4. The minimum Gasteiger partial charge on any atom is -0.478 e. The van der Waals surface area contributed by atoms with Crippen molar-refractivity contribution in [1.82, 2.24) is 0 Å². The van der Waals surface area contributed by atoms with E-state index in [2.05, 4.69) is 0 Å². The summed E-state index contributed by atoms with van der Waals surface area (Å²) in [5, 5.41) is 10.5. The number of nitrogens with zero attached hydrogens (tertiary/aromatic N) is 2. The molecule has 7 nitrogen and oxygen atoms in total. The van der Waals surface area contributed by atoms with Crippen LogP contribution in [0, 0.1) is 5.92 Å². The Labute approximate surface area is 243 Å².